The van der Waals surface area contributed by atoms with E-state index in [4.69, 9.17) is 0 Å². The van der Waals surface area contributed by atoms with E-state index >= 15 is 0 Å². The van der Waals surface area contributed by atoms with Gasteiger partial charge in [0.2, 0.25) is 0 Å². The summed E-state index contributed by atoms with van der Waals surface area (Å²) in [7, 11) is 0. The van der Waals surface area contributed by atoms with Crippen LogP contribution in [0.4, 0.5) is 0 Å². The zero-order valence-electron chi connectivity index (χ0n) is 9.37. The van der Waals surface area contributed by atoms with Gasteiger partial charge in [0.15, 0.2) is 0 Å². The van der Waals surface area contributed by atoms with Gasteiger partial charge in [-0.15, -0.1) is 6.58 Å². The number of hydrogen-bond donors (Lipinski definition) is 0. The van der Waals surface area contributed by atoms with Crippen LogP contribution in [-0.4, -0.2) is 0 Å². The molecule has 0 radical (unpaired) electrons. The smallest absolute Gasteiger partial charge is 0.0188 e. The van der Waals surface area contributed by atoms with Crippen molar-refractivity contribution in [2.45, 2.75) is 26.2 Å². The van der Waals surface area contributed by atoms with Crippen LogP contribution in [0.5, 0.6) is 0 Å². The summed E-state index contributed by atoms with van der Waals surface area (Å²) in [6, 6.07) is 10.8. The van der Waals surface area contributed by atoms with E-state index in [2.05, 4.69) is 43.8 Å². The van der Waals surface area contributed by atoms with E-state index < -0.39 is 0 Å². The fourth-order valence-electron chi connectivity index (χ4n) is 2.07. The van der Waals surface area contributed by atoms with Gasteiger partial charge in [-0.2, -0.15) is 0 Å². The molecule has 1 aromatic rings. The predicted molar refractivity (Wildman–Crippen MR) is 66.6 cm³/mol. The highest BCUT2D eigenvalue weighted by molar-refractivity contribution is 5.72. The van der Waals surface area contributed by atoms with Crippen molar-refractivity contribution in [3.63, 3.8) is 0 Å². The molecule has 1 saturated carbocycles. The van der Waals surface area contributed by atoms with Gasteiger partial charge in [-0.3, -0.25) is 0 Å². The minimum atomic E-state index is 0.810. The van der Waals surface area contributed by atoms with E-state index in [-0.39, 0.29) is 0 Å². The molecule has 0 heteroatoms. The normalized spacial score (nSPS) is 22.3. The minimum Gasteiger partial charge on any atom is -0.103 e. The van der Waals surface area contributed by atoms with Gasteiger partial charge < -0.3 is 0 Å². The lowest BCUT2D eigenvalue weighted by molar-refractivity contribution is 1.01. The summed E-state index contributed by atoms with van der Waals surface area (Å²) in [4.78, 5) is 0. The molecule has 0 nitrogen and oxygen atoms in total. The van der Waals surface area contributed by atoms with Gasteiger partial charge in [0.25, 0.3) is 0 Å². The summed E-state index contributed by atoms with van der Waals surface area (Å²) in [6.45, 7) is 6.11. The molecule has 0 amide bonds. The highest BCUT2D eigenvalue weighted by Gasteiger charge is 2.27. The molecule has 2 rings (SSSR count). The molecule has 1 aliphatic rings. The van der Waals surface area contributed by atoms with Crippen LogP contribution in [-0.2, 0) is 0 Å². The second kappa shape index (κ2) is 4.48. The van der Waals surface area contributed by atoms with Gasteiger partial charge >= 0.3 is 0 Å². The van der Waals surface area contributed by atoms with Crippen LogP contribution in [0.1, 0.15) is 31.7 Å². The van der Waals surface area contributed by atoms with Gasteiger partial charge in [-0.05, 0) is 36.3 Å². The Morgan fingerprint density at radius 3 is 2.60 bits per heavy atom. The van der Waals surface area contributed by atoms with E-state index in [1.807, 2.05) is 6.08 Å². The molecule has 0 heterocycles. The van der Waals surface area contributed by atoms with Crippen molar-refractivity contribution in [1.29, 1.82) is 0 Å². The number of benzene rings is 1. The fourth-order valence-corrected chi connectivity index (χ4v) is 2.07. The summed E-state index contributed by atoms with van der Waals surface area (Å²) in [5.41, 5.74) is 4.62. The molecule has 15 heavy (non-hydrogen) atoms. The second-order valence-corrected chi connectivity index (χ2v) is 4.30. The number of allylic oxidation sites excluding steroid dienone is 3. The Balaban J connectivity index is 2.24. The molecule has 1 fully saturated rings. The molecule has 0 saturated heterocycles. The Kier molecular flexibility index (Phi) is 3.05. The molecule has 0 spiro atoms. The first-order chi connectivity index (χ1) is 7.33. The van der Waals surface area contributed by atoms with E-state index in [1.165, 1.54) is 12.0 Å². The van der Waals surface area contributed by atoms with Gasteiger partial charge in [0, 0.05) is 0 Å². The average Bonchev–Trinajstić information content (AvgIpc) is 2.98. The van der Waals surface area contributed by atoms with Gasteiger partial charge in [-0.25, -0.2) is 0 Å². The number of rotatable bonds is 4. The molecule has 0 aliphatic heterocycles. The Hall–Kier alpha value is -1.30. The average molecular weight is 198 g/mol. The molecule has 1 aliphatic carbocycles. The summed E-state index contributed by atoms with van der Waals surface area (Å²) in [6.07, 6.45) is 5.53. The van der Waals surface area contributed by atoms with E-state index in [9.17, 15) is 0 Å². The van der Waals surface area contributed by atoms with Crippen molar-refractivity contribution in [3.8, 4) is 0 Å². The van der Waals surface area contributed by atoms with Crippen LogP contribution in [0.25, 0.3) is 5.57 Å². The van der Waals surface area contributed by atoms with Crippen LogP contribution >= 0.6 is 0 Å². The van der Waals surface area contributed by atoms with E-state index in [1.54, 1.807) is 11.1 Å². The Morgan fingerprint density at radius 1 is 1.40 bits per heavy atom. The maximum atomic E-state index is 3.80. The Morgan fingerprint density at radius 2 is 2.07 bits per heavy atom. The van der Waals surface area contributed by atoms with Crippen LogP contribution in [0.3, 0.4) is 0 Å². The first kappa shape index (κ1) is 10.2. The summed E-state index contributed by atoms with van der Waals surface area (Å²) in [5, 5.41) is 0. The molecule has 1 aromatic carbocycles. The minimum absolute atomic E-state index is 0.810. The Labute approximate surface area is 92.3 Å². The molecular weight excluding hydrogens is 180 g/mol. The lowest BCUT2D eigenvalue weighted by atomic mass is 9.99. The lowest BCUT2D eigenvalue weighted by Crippen LogP contribution is -1.84. The van der Waals surface area contributed by atoms with Crippen molar-refractivity contribution < 1.29 is 0 Å². The zero-order chi connectivity index (χ0) is 10.7. The van der Waals surface area contributed by atoms with E-state index in [0.29, 0.717) is 0 Å². The number of hydrogen-bond acceptors (Lipinski definition) is 0. The molecule has 0 N–H and O–H groups in total. The van der Waals surface area contributed by atoms with Gasteiger partial charge in [-0.1, -0.05) is 48.9 Å². The summed E-state index contributed by atoms with van der Waals surface area (Å²) < 4.78 is 0. The topological polar surface area (TPSA) is 0 Å². The molecular formula is C15H18. The lowest BCUT2D eigenvalue weighted by Gasteiger charge is -2.06. The van der Waals surface area contributed by atoms with Gasteiger partial charge in [0.05, 0.1) is 0 Å². The maximum Gasteiger partial charge on any atom is -0.0188 e. The predicted octanol–water partition coefficient (Wildman–Crippen LogP) is 4.45. The van der Waals surface area contributed by atoms with Crippen molar-refractivity contribution >= 4 is 5.57 Å². The Bertz CT molecular complexity index is 370. The quantitative estimate of drug-likeness (QED) is 0.627. The van der Waals surface area contributed by atoms with Crippen molar-refractivity contribution in [3.05, 3.63) is 54.1 Å². The molecule has 0 bridgehead atoms. The molecule has 0 aromatic heterocycles. The molecule has 78 valence electrons. The monoisotopic (exact) mass is 198 g/mol. The van der Waals surface area contributed by atoms with Crippen LogP contribution in [0.2, 0.25) is 0 Å². The molecule has 1 unspecified atom stereocenters. The van der Waals surface area contributed by atoms with Crippen molar-refractivity contribution in [2.24, 2.45) is 5.92 Å². The van der Waals surface area contributed by atoms with Gasteiger partial charge in [0.1, 0.15) is 0 Å². The summed E-state index contributed by atoms with van der Waals surface area (Å²) in [5.74, 6) is 0.810. The zero-order valence-corrected chi connectivity index (χ0v) is 9.37. The van der Waals surface area contributed by atoms with Crippen molar-refractivity contribution in [2.75, 3.05) is 0 Å². The maximum absolute atomic E-state index is 3.80. The van der Waals surface area contributed by atoms with Crippen LogP contribution < -0.4 is 0 Å². The third-order valence-electron chi connectivity index (χ3n) is 3.07. The van der Waals surface area contributed by atoms with Crippen LogP contribution in [0.15, 0.2) is 48.6 Å². The second-order valence-electron chi connectivity index (χ2n) is 4.30. The first-order valence-electron chi connectivity index (χ1n) is 5.71. The molecule has 1 atom stereocenters. The highest BCUT2D eigenvalue weighted by Crippen LogP contribution is 2.44. The largest absolute Gasteiger partial charge is 0.103 e. The first-order valence-corrected chi connectivity index (χ1v) is 5.71. The standard InChI is InChI=1S/C15H18/c1-3-4-10-14(15-11-12(15)2)13-8-6-5-7-9-13/h3,5-9,12H,1,4,10-11H2,2H3. The highest BCUT2D eigenvalue weighted by atomic mass is 14.3. The SMILES string of the molecule is C=CCCC(=C1CC1C)c1ccccc1. The third kappa shape index (κ3) is 2.38. The van der Waals surface area contributed by atoms with Crippen LogP contribution in [0, 0.1) is 5.92 Å². The fraction of sp³-hybridized carbons (Fsp3) is 0.333. The third-order valence-corrected chi connectivity index (χ3v) is 3.07. The van der Waals surface area contributed by atoms with Crippen molar-refractivity contribution in [1.82, 2.24) is 0 Å². The van der Waals surface area contributed by atoms with E-state index in [0.717, 1.165) is 18.8 Å². The summed E-state index contributed by atoms with van der Waals surface area (Å²) >= 11 is 0.